The summed E-state index contributed by atoms with van der Waals surface area (Å²) in [6.07, 6.45) is 0. The summed E-state index contributed by atoms with van der Waals surface area (Å²) in [5, 5.41) is 2.76. The fourth-order valence-corrected chi connectivity index (χ4v) is 4.59. The number of benzene rings is 3. The van der Waals surface area contributed by atoms with Crippen molar-refractivity contribution in [3.05, 3.63) is 81.8 Å². The number of ether oxygens (including phenoxy) is 1. The first-order valence-corrected chi connectivity index (χ1v) is 11.9. The van der Waals surface area contributed by atoms with E-state index < -0.39 is 10.0 Å². The van der Waals surface area contributed by atoms with E-state index in [-0.39, 0.29) is 10.8 Å². The Bertz CT molecular complexity index is 1210. The minimum atomic E-state index is -3.74. The molecule has 0 heterocycles. The molecule has 0 saturated carbocycles. The molecule has 6 nitrogen and oxygen atoms in total. The summed E-state index contributed by atoms with van der Waals surface area (Å²) in [5.41, 5.74) is 3.36. The Morgan fingerprint density at radius 1 is 1.00 bits per heavy atom. The van der Waals surface area contributed by atoms with E-state index in [0.717, 1.165) is 11.1 Å². The minimum absolute atomic E-state index is 0.106. The molecule has 0 radical (unpaired) electrons. The van der Waals surface area contributed by atoms with Crippen molar-refractivity contribution < 1.29 is 17.9 Å². The first-order valence-electron chi connectivity index (χ1n) is 9.63. The molecule has 8 heteroatoms. The highest BCUT2D eigenvalue weighted by Crippen LogP contribution is 2.27. The lowest BCUT2D eigenvalue weighted by atomic mass is 10.1. The van der Waals surface area contributed by atoms with Gasteiger partial charge in [-0.3, -0.25) is 9.52 Å². The molecule has 0 atom stereocenters. The van der Waals surface area contributed by atoms with Crippen LogP contribution in [0.15, 0.2) is 70.0 Å². The normalized spacial score (nSPS) is 11.1. The zero-order chi connectivity index (χ0) is 22.6. The van der Waals surface area contributed by atoms with E-state index in [1.54, 1.807) is 36.4 Å². The molecule has 3 rings (SSSR count). The molecule has 0 aliphatic carbocycles. The molecule has 0 aliphatic heterocycles. The Morgan fingerprint density at radius 2 is 1.71 bits per heavy atom. The Hall–Kier alpha value is -2.84. The van der Waals surface area contributed by atoms with Gasteiger partial charge in [-0.15, -0.1) is 0 Å². The number of halogens is 1. The van der Waals surface area contributed by atoms with Gasteiger partial charge in [0.15, 0.2) is 0 Å². The second-order valence-electron chi connectivity index (χ2n) is 6.98. The summed E-state index contributed by atoms with van der Waals surface area (Å²) < 4.78 is 34.1. The molecule has 31 heavy (non-hydrogen) atoms. The number of hydrogen-bond acceptors (Lipinski definition) is 4. The van der Waals surface area contributed by atoms with Gasteiger partial charge in [0.05, 0.1) is 21.7 Å². The van der Waals surface area contributed by atoms with Crippen molar-refractivity contribution >= 4 is 43.2 Å². The monoisotopic (exact) mass is 502 g/mol. The van der Waals surface area contributed by atoms with Gasteiger partial charge in [0, 0.05) is 11.3 Å². The number of rotatable bonds is 7. The Kier molecular flexibility index (Phi) is 7.02. The van der Waals surface area contributed by atoms with Crippen LogP contribution in [0.1, 0.15) is 28.4 Å². The van der Waals surface area contributed by atoms with Crippen molar-refractivity contribution in [1.82, 2.24) is 0 Å². The van der Waals surface area contributed by atoms with Crippen molar-refractivity contribution in [2.45, 2.75) is 25.7 Å². The number of hydrogen-bond donors (Lipinski definition) is 2. The molecule has 3 aromatic rings. The van der Waals surface area contributed by atoms with Crippen molar-refractivity contribution in [3.63, 3.8) is 0 Å². The van der Waals surface area contributed by atoms with Crippen LogP contribution < -0.4 is 14.8 Å². The van der Waals surface area contributed by atoms with Crippen LogP contribution in [0.4, 0.5) is 11.4 Å². The van der Waals surface area contributed by atoms with E-state index in [2.05, 4.69) is 26.0 Å². The standard InChI is InChI=1S/C23H23BrN2O4S/c1-4-30-22-12-6-17(14-20(22)24)23(27)25-18-7-9-19(10-8-18)31(28,29)26-21-11-5-15(2)13-16(21)3/h5-14,26H,4H2,1-3H3,(H,25,27). The maximum atomic E-state index is 12.7. The van der Waals surface area contributed by atoms with Gasteiger partial charge in [0.1, 0.15) is 5.75 Å². The lowest BCUT2D eigenvalue weighted by Gasteiger charge is -2.12. The molecule has 3 aromatic carbocycles. The van der Waals surface area contributed by atoms with E-state index >= 15 is 0 Å². The fourth-order valence-electron chi connectivity index (χ4n) is 2.97. The first-order chi connectivity index (χ1) is 14.7. The van der Waals surface area contributed by atoms with Crippen LogP contribution in [0.5, 0.6) is 5.75 Å². The molecule has 0 spiro atoms. The van der Waals surface area contributed by atoms with Crippen LogP contribution >= 0.6 is 15.9 Å². The summed E-state index contributed by atoms with van der Waals surface area (Å²) in [6.45, 7) is 6.21. The van der Waals surface area contributed by atoms with E-state index in [0.29, 0.717) is 33.8 Å². The highest BCUT2D eigenvalue weighted by atomic mass is 79.9. The molecule has 0 aromatic heterocycles. The van der Waals surface area contributed by atoms with Gasteiger partial charge >= 0.3 is 0 Å². The van der Waals surface area contributed by atoms with Crippen molar-refractivity contribution in [2.75, 3.05) is 16.6 Å². The molecule has 0 unspecified atom stereocenters. The van der Waals surface area contributed by atoms with Gasteiger partial charge in [-0.05, 0) is 90.8 Å². The number of amides is 1. The smallest absolute Gasteiger partial charge is 0.261 e. The molecule has 0 fully saturated rings. The quantitative estimate of drug-likeness (QED) is 0.445. The van der Waals surface area contributed by atoms with Gasteiger partial charge in [0.25, 0.3) is 15.9 Å². The highest BCUT2D eigenvalue weighted by Gasteiger charge is 2.16. The molecule has 2 N–H and O–H groups in total. The Labute approximate surface area is 190 Å². The van der Waals surface area contributed by atoms with Gasteiger partial charge in [-0.1, -0.05) is 17.7 Å². The lowest BCUT2D eigenvalue weighted by Crippen LogP contribution is -2.15. The number of aryl methyl sites for hydroxylation is 2. The molecular formula is C23H23BrN2O4S. The number of nitrogens with one attached hydrogen (secondary N) is 2. The number of anilines is 2. The largest absolute Gasteiger partial charge is 0.493 e. The SMILES string of the molecule is CCOc1ccc(C(=O)Nc2ccc(S(=O)(=O)Nc3ccc(C)cc3C)cc2)cc1Br. The van der Waals surface area contributed by atoms with Crippen molar-refractivity contribution in [2.24, 2.45) is 0 Å². The van der Waals surface area contributed by atoms with Crippen molar-refractivity contribution in [3.8, 4) is 5.75 Å². The topological polar surface area (TPSA) is 84.5 Å². The molecular weight excluding hydrogens is 480 g/mol. The van der Waals surface area contributed by atoms with Gasteiger partial charge in [-0.25, -0.2) is 8.42 Å². The van der Waals surface area contributed by atoms with Crippen LogP contribution in [0, 0.1) is 13.8 Å². The van der Waals surface area contributed by atoms with E-state index in [1.807, 2.05) is 32.9 Å². The maximum Gasteiger partial charge on any atom is 0.261 e. The molecule has 162 valence electrons. The van der Waals surface area contributed by atoms with Gasteiger partial charge in [0.2, 0.25) is 0 Å². The van der Waals surface area contributed by atoms with Crippen LogP contribution in [0.2, 0.25) is 0 Å². The predicted octanol–water partition coefficient (Wildman–Crippen LogP) is 5.52. The third-order valence-electron chi connectivity index (χ3n) is 4.54. The fraction of sp³-hybridized carbons (Fsp3) is 0.174. The molecule has 0 saturated heterocycles. The zero-order valence-electron chi connectivity index (χ0n) is 17.4. The summed E-state index contributed by atoms with van der Waals surface area (Å²) in [4.78, 5) is 12.6. The van der Waals surface area contributed by atoms with Gasteiger partial charge < -0.3 is 10.1 Å². The van der Waals surface area contributed by atoms with E-state index in [4.69, 9.17) is 4.74 Å². The average molecular weight is 503 g/mol. The Balaban J connectivity index is 1.72. The Morgan fingerprint density at radius 3 is 2.32 bits per heavy atom. The highest BCUT2D eigenvalue weighted by molar-refractivity contribution is 9.10. The third-order valence-corrected chi connectivity index (χ3v) is 6.54. The third kappa shape index (κ3) is 5.65. The summed E-state index contributed by atoms with van der Waals surface area (Å²) in [5.74, 6) is 0.345. The predicted molar refractivity (Wildman–Crippen MR) is 126 cm³/mol. The number of carbonyl (C=O) groups excluding carboxylic acids is 1. The zero-order valence-corrected chi connectivity index (χ0v) is 19.8. The number of sulfonamides is 1. The van der Waals surface area contributed by atoms with E-state index in [1.165, 1.54) is 12.1 Å². The summed E-state index contributed by atoms with van der Waals surface area (Å²) in [6, 6.07) is 16.6. The average Bonchev–Trinajstić information content (AvgIpc) is 2.72. The minimum Gasteiger partial charge on any atom is -0.493 e. The summed E-state index contributed by atoms with van der Waals surface area (Å²) >= 11 is 3.39. The maximum absolute atomic E-state index is 12.7. The second-order valence-corrected chi connectivity index (χ2v) is 9.52. The summed E-state index contributed by atoms with van der Waals surface area (Å²) in [7, 11) is -3.74. The second kappa shape index (κ2) is 9.53. The van der Waals surface area contributed by atoms with Crippen LogP contribution in [-0.2, 0) is 10.0 Å². The molecule has 1 amide bonds. The first kappa shape index (κ1) is 22.8. The van der Waals surface area contributed by atoms with Gasteiger partial charge in [-0.2, -0.15) is 0 Å². The van der Waals surface area contributed by atoms with E-state index in [9.17, 15) is 13.2 Å². The van der Waals surface area contributed by atoms with Crippen LogP contribution in [-0.4, -0.2) is 20.9 Å². The van der Waals surface area contributed by atoms with Crippen LogP contribution in [0.25, 0.3) is 0 Å². The molecule has 0 bridgehead atoms. The van der Waals surface area contributed by atoms with Crippen molar-refractivity contribution in [1.29, 1.82) is 0 Å². The van der Waals surface area contributed by atoms with Crippen LogP contribution in [0.3, 0.4) is 0 Å². The number of carbonyl (C=O) groups is 1. The lowest BCUT2D eigenvalue weighted by molar-refractivity contribution is 0.102. The molecule has 0 aliphatic rings.